The standard InChI is InChI=1S/C11H14N4/c1-9(15-8-13-7-14-15)11(12)10-5-3-2-4-6-10/h2-9,11H,12H2,1H3. The van der Waals surface area contributed by atoms with E-state index in [0.717, 1.165) is 5.56 Å². The van der Waals surface area contributed by atoms with Gasteiger partial charge in [-0.05, 0) is 12.5 Å². The molecule has 2 N–H and O–H groups in total. The van der Waals surface area contributed by atoms with Crippen LogP contribution in [-0.4, -0.2) is 14.8 Å². The molecule has 0 amide bonds. The second-order valence-corrected chi connectivity index (χ2v) is 3.55. The molecule has 0 aliphatic heterocycles. The molecule has 1 heterocycles. The van der Waals surface area contributed by atoms with Crippen molar-refractivity contribution in [1.82, 2.24) is 14.8 Å². The van der Waals surface area contributed by atoms with Gasteiger partial charge in [0.15, 0.2) is 0 Å². The van der Waals surface area contributed by atoms with Crippen LogP contribution in [0.4, 0.5) is 0 Å². The monoisotopic (exact) mass is 202 g/mol. The number of aromatic nitrogens is 3. The highest BCUT2D eigenvalue weighted by Gasteiger charge is 2.16. The van der Waals surface area contributed by atoms with Crippen LogP contribution in [0.1, 0.15) is 24.6 Å². The van der Waals surface area contributed by atoms with E-state index in [4.69, 9.17) is 5.73 Å². The first-order chi connectivity index (χ1) is 7.29. The summed E-state index contributed by atoms with van der Waals surface area (Å²) in [5.74, 6) is 0. The van der Waals surface area contributed by atoms with E-state index < -0.39 is 0 Å². The molecule has 0 aliphatic carbocycles. The maximum atomic E-state index is 6.14. The number of nitrogens with zero attached hydrogens (tertiary/aromatic N) is 3. The third kappa shape index (κ3) is 2.05. The molecule has 2 unspecified atom stereocenters. The molecule has 4 heteroatoms. The van der Waals surface area contributed by atoms with Crippen LogP contribution in [0.2, 0.25) is 0 Å². The van der Waals surface area contributed by atoms with Gasteiger partial charge in [0.05, 0.1) is 12.1 Å². The first kappa shape index (κ1) is 9.86. The van der Waals surface area contributed by atoms with Crippen molar-refractivity contribution in [2.75, 3.05) is 0 Å². The van der Waals surface area contributed by atoms with Gasteiger partial charge < -0.3 is 5.73 Å². The minimum Gasteiger partial charge on any atom is -0.322 e. The zero-order valence-electron chi connectivity index (χ0n) is 8.62. The van der Waals surface area contributed by atoms with Gasteiger partial charge in [0.2, 0.25) is 0 Å². The first-order valence-electron chi connectivity index (χ1n) is 4.93. The van der Waals surface area contributed by atoms with Crippen LogP contribution in [0.15, 0.2) is 43.0 Å². The smallest absolute Gasteiger partial charge is 0.137 e. The average Bonchev–Trinajstić information content (AvgIpc) is 2.82. The fraction of sp³-hybridized carbons (Fsp3) is 0.273. The lowest BCUT2D eigenvalue weighted by atomic mass is 10.0. The summed E-state index contributed by atoms with van der Waals surface area (Å²) in [4.78, 5) is 3.92. The van der Waals surface area contributed by atoms with Crippen molar-refractivity contribution < 1.29 is 0 Å². The molecule has 1 aromatic heterocycles. The summed E-state index contributed by atoms with van der Waals surface area (Å²) in [5.41, 5.74) is 7.25. The van der Waals surface area contributed by atoms with Gasteiger partial charge in [-0.3, -0.25) is 0 Å². The number of nitrogens with two attached hydrogens (primary N) is 1. The predicted molar refractivity (Wildman–Crippen MR) is 58.1 cm³/mol. The van der Waals surface area contributed by atoms with Gasteiger partial charge >= 0.3 is 0 Å². The number of rotatable bonds is 3. The maximum Gasteiger partial charge on any atom is 0.137 e. The maximum absolute atomic E-state index is 6.14. The van der Waals surface area contributed by atoms with Crippen LogP contribution in [0.25, 0.3) is 0 Å². The van der Waals surface area contributed by atoms with Crippen molar-refractivity contribution in [3.63, 3.8) is 0 Å². The van der Waals surface area contributed by atoms with Crippen LogP contribution in [0.5, 0.6) is 0 Å². The molecule has 4 nitrogen and oxygen atoms in total. The first-order valence-corrected chi connectivity index (χ1v) is 4.93. The van der Waals surface area contributed by atoms with E-state index in [1.54, 1.807) is 11.0 Å². The van der Waals surface area contributed by atoms with Crippen LogP contribution in [0.3, 0.4) is 0 Å². The molecule has 15 heavy (non-hydrogen) atoms. The summed E-state index contributed by atoms with van der Waals surface area (Å²) in [6, 6.07) is 10.1. The average molecular weight is 202 g/mol. The van der Waals surface area contributed by atoms with E-state index >= 15 is 0 Å². The number of hydrogen-bond acceptors (Lipinski definition) is 3. The quantitative estimate of drug-likeness (QED) is 0.821. The third-order valence-corrected chi connectivity index (χ3v) is 2.56. The Kier molecular flexibility index (Phi) is 2.78. The summed E-state index contributed by atoms with van der Waals surface area (Å²) in [5, 5.41) is 4.09. The van der Waals surface area contributed by atoms with Gasteiger partial charge in [-0.1, -0.05) is 30.3 Å². The highest BCUT2D eigenvalue weighted by molar-refractivity contribution is 5.19. The molecule has 0 aliphatic rings. The molecule has 78 valence electrons. The Hall–Kier alpha value is -1.68. The van der Waals surface area contributed by atoms with Gasteiger partial charge in [0.25, 0.3) is 0 Å². The fourth-order valence-electron chi connectivity index (χ4n) is 1.55. The van der Waals surface area contributed by atoms with Gasteiger partial charge in [-0.2, -0.15) is 5.10 Å². The summed E-state index contributed by atoms with van der Waals surface area (Å²) in [6.07, 6.45) is 3.21. The van der Waals surface area contributed by atoms with Crippen molar-refractivity contribution in [1.29, 1.82) is 0 Å². The lowest BCUT2D eigenvalue weighted by molar-refractivity contribution is 0.414. The molecule has 0 bridgehead atoms. The molecular formula is C11H14N4. The number of hydrogen-bond donors (Lipinski definition) is 1. The van der Waals surface area contributed by atoms with Gasteiger partial charge in [-0.15, -0.1) is 0 Å². The van der Waals surface area contributed by atoms with Crippen LogP contribution >= 0.6 is 0 Å². The fourth-order valence-corrected chi connectivity index (χ4v) is 1.55. The lowest BCUT2D eigenvalue weighted by Crippen LogP contribution is -2.22. The summed E-state index contributed by atoms with van der Waals surface area (Å²) in [7, 11) is 0. The minimum absolute atomic E-state index is 0.0621. The van der Waals surface area contributed by atoms with Crippen molar-refractivity contribution in [3.8, 4) is 0 Å². The van der Waals surface area contributed by atoms with Crippen molar-refractivity contribution in [2.45, 2.75) is 19.0 Å². The molecule has 0 saturated heterocycles. The predicted octanol–water partition coefficient (Wildman–Crippen LogP) is 1.54. The van der Waals surface area contributed by atoms with E-state index in [0.29, 0.717) is 0 Å². The topological polar surface area (TPSA) is 56.7 Å². The summed E-state index contributed by atoms with van der Waals surface area (Å²) < 4.78 is 1.78. The zero-order chi connectivity index (χ0) is 10.7. The lowest BCUT2D eigenvalue weighted by Gasteiger charge is -2.19. The molecule has 2 rings (SSSR count). The molecule has 2 aromatic rings. The Morgan fingerprint density at radius 3 is 2.60 bits per heavy atom. The van der Waals surface area contributed by atoms with E-state index in [1.807, 2.05) is 37.3 Å². The van der Waals surface area contributed by atoms with Crippen molar-refractivity contribution in [3.05, 3.63) is 48.5 Å². The Labute approximate surface area is 88.8 Å². The van der Waals surface area contributed by atoms with Crippen molar-refractivity contribution >= 4 is 0 Å². The van der Waals surface area contributed by atoms with E-state index in [9.17, 15) is 0 Å². The normalized spacial score (nSPS) is 14.8. The Morgan fingerprint density at radius 2 is 2.00 bits per heavy atom. The molecule has 0 fully saturated rings. The molecule has 0 saturated carbocycles. The minimum atomic E-state index is -0.0621. The van der Waals surface area contributed by atoms with Crippen LogP contribution < -0.4 is 5.73 Å². The van der Waals surface area contributed by atoms with E-state index in [2.05, 4.69) is 10.1 Å². The largest absolute Gasteiger partial charge is 0.322 e. The molecule has 0 radical (unpaired) electrons. The Bertz CT molecular complexity index is 396. The van der Waals surface area contributed by atoms with Crippen LogP contribution in [-0.2, 0) is 0 Å². The van der Waals surface area contributed by atoms with E-state index in [-0.39, 0.29) is 12.1 Å². The Morgan fingerprint density at radius 1 is 1.27 bits per heavy atom. The van der Waals surface area contributed by atoms with Gasteiger partial charge in [-0.25, -0.2) is 9.67 Å². The molecular weight excluding hydrogens is 188 g/mol. The van der Waals surface area contributed by atoms with Gasteiger partial charge in [0, 0.05) is 0 Å². The summed E-state index contributed by atoms with van der Waals surface area (Å²) in [6.45, 7) is 2.03. The van der Waals surface area contributed by atoms with E-state index in [1.165, 1.54) is 6.33 Å². The second-order valence-electron chi connectivity index (χ2n) is 3.55. The molecule has 0 spiro atoms. The third-order valence-electron chi connectivity index (χ3n) is 2.56. The van der Waals surface area contributed by atoms with Gasteiger partial charge in [0.1, 0.15) is 12.7 Å². The Balaban J connectivity index is 2.18. The SMILES string of the molecule is CC(C(N)c1ccccc1)n1cncn1. The van der Waals surface area contributed by atoms with Crippen LogP contribution in [0, 0.1) is 0 Å². The highest BCUT2D eigenvalue weighted by Crippen LogP contribution is 2.21. The number of benzene rings is 1. The molecule has 2 atom stereocenters. The highest BCUT2D eigenvalue weighted by atomic mass is 15.3. The summed E-state index contributed by atoms with van der Waals surface area (Å²) >= 11 is 0. The molecule has 1 aromatic carbocycles. The van der Waals surface area contributed by atoms with Crippen molar-refractivity contribution in [2.24, 2.45) is 5.73 Å². The zero-order valence-corrected chi connectivity index (χ0v) is 8.62. The second kappa shape index (κ2) is 4.23.